The third-order valence-electron chi connectivity index (χ3n) is 7.85. The quantitative estimate of drug-likeness (QED) is 0.170. The lowest BCUT2D eigenvalue weighted by atomic mass is 9.91. The Morgan fingerprint density at radius 2 is 1.74 bits per heavy atom. The van der Waals surface area contributed by atoms with Crippen LogP contribution in [-0.2, 0) is 14.3 Å². The van der Waals surface area contributed by atoms with Crippen molar-refractivity contribution in [2.24, 2.45) is 4.99 Å². The van der Waals surface area contributed by atoms with E-state index in [0.29, 0.717) is 43.6 Å². The highest BCUT2D eigenvalue weighted by atomic mass is 35.5. The Labute approximate surface area is 279 Å². The predicted octanol–water partition coefficient (Wildman–Crippen LogP) is 6.76. The molecule has 6 rings (SSSR count). The molecule has 47 heavy (non-hydrogen) atoms. The van der Waals surface area contributed by atoms with Crippen LogP contribution in [0.1, 0.15) is 65.5 Å². The van der Waals surface area contributed by atoms with Crippen molar-refractivity contribution in [3.63, 3.8) is 0 Å². The largest absolute Gasteiger partial charge is 0.465 e. The molecule has 0 spiro atoms. The number of carbonyl (C=O) groups excluding carboxylic acids is 2. The Morgan fingerprint density at radius 1 is 1.00 bits per heavy atom. The fourth-order valence-electron chi connectivity index (χ4n) is 5.48. The SMILES string of the molecule is CCOC(=O)C1=C(c2ccccc2)N=c2s/c(=C\c3ccc(-c4ccc(Cl)c(C(=O)OC)c4)o3)c(=O)n2[C@H]1c1ccc(C(C)C)cc1. The van der Waals surface area contributed by atoms with E-state index in [9.17, 15) is 14.4 Å². The van der Waals surface area contributed by atoms with Crippen molar-refractivity contribution in [2.45, 2.75) is 32.7 Å². The van der Waals surface area contributed by atoms with Crippen LogP contribution in [0.15, 0.2) is 105 Å². The lowest BCUT2D eigenvalue weighted by molar-refractivity contribution is -0.138. The van der Waals surface area contributed by atoms with Gasteiger partial charge in [-0.05, 0) is 54.3 Å². The molecule has 0 saturated heterocycles. The lowest BCUT2D eigenvalue weighted by Gasteiger charge is -2.26. The summed E-state index contributed by atoms with van der Waals surface area (Å²) in [5, 5.41) is 0.263. The second-order valence-corrected chi connectivity index (χ2v) is 12.6. The number of methoxy groups -OCH3 is 1. The number of halogens is 1. The molecule has 0 radical (unpaired) electrons. The van der Waals surface area contributed by atoms with E-state index < -0.39 is 18.0 Å². The fourth-order valence-corrected chi connectivity index (χ4v) is 6.65. The summed E-state index contributed by atoms with van der Waals surface area (Å²) in [4.78, 5) is 45.4. The van der Waals surface area contributed by atoms with E-state index in [1.54, 1.807) is 47.9 Å². The summed E-state index contributed by atoms with van der Waals surface area (Å²) < 4.78 is 18.4. The van der Waals surface area contributed by atoms with Gasteiger partial charge in [0.1, 0.15) is 11.5 Å². The van der Waals surface area contributed by atoms with Crippen molar-refractivity contribution in [1.29, 1.82) is 0 Å². The standard InChI is InChI=1S/C37H31ClN2O6S/c1-5-45-36(43)31-32(23-9-7-6-8-10-23)39-37-40(33(31)24-13-11-22(12-14-24)21(2)3)34(41)30(47-37)20-26-16-18-29(46-26)25-15-17-28(38)27(19-25)35(42)44-4/h6-21,33H,5H2,1-4H3/b30-20-/t33-/m0/s1. The monoisotopic (exact) mass is 666 g/mol. The van der Waals surface area contributed by atoms with Gasteiger partial charge in [0, 0.05) is 17.2 Å². The molecule has 1 aliphatic heterocycles. The summed E-state index contributed by atoms with van der Waals surface area (Å²) in [6.45, 7) is 6.14. The molecule has 0 saturated carbocycles. The number of benzene rings is 3. The Bertz CT molecular complexity index is 2190. The van der Waals surface area contributed by atoms with Gasteiger partial charge in [-0.25, -0.2) is 14.6 Å². The van der Waals surface area contributed by atoms with Crippen LogP contribution in [0.4, 0.5) is 0 Å². The number of furan rings is 1. The van der Waals surface area contributed by atoms with E-state index in [1.165, 1.54) is 18.4 Å². The molecule has 1 atom stereocenters. The number of fused-ring (bicyclic) bond motifs is 1. The normalized spacial score (nSPS) is 14.6. The molecule has 0 unspecified atom stereocenters. The summed E-state index contributed by atoms with van der Waals surface area (Å²) in [6.07, 6.45) is 1.65. The third-order valence-corrected chi connectivity index (χ3v) is 9.16. The molecule has 0 amide bonds. The molecule has 3 aromatic carbocycles. The Kier molecular flexibility index (Phi) is 9.11. The predicted molar refractivity (Wildman–Crippen MR) is 182 cm³/mol. The fraction of sp³-hybridized carbons (Fsp3) is 0.189. The minimum absolute atomic E-state index is 0.170. The number of ether oxygens (including phenoxy) is 2. The van der Waals surface area contributed by atoms with Crippen LogP contribution in [0.25, 0.3) is 23.1 Å². The molecular weight excluding hydrogens is 636 g/mol. The van der Waals surface area contributed by atoms with E-state index >= 15 is 0 Å². The number of rotatable bonds is 8. The Hall–Kier alpha value is -4.99. The highest BCUT2D eigenvalue weighted by Gasteiger charge is 2.35. The van der Waals surface area contributed by atoms with Crippen LogP contribution in [0.5, 0.6) is 0 Å². The second-order valence-electron chi connectivity index (χ2n) is 11.1. The maximum absolute atomic E-state index is 14.2. The molecule has 5 aromatic rings. The van der Waals surface area contributed by atoms with Gasteiger partial charge in [-0.2, -0.15) is 0 Å². The summed E-state index contributed by atoms with van der Waals surface area (Å²) in [6, 6.07) is 25.0. The average molecular weight is 667 g/mol. The zero-order chi connectivity index (χ0) is 33.2. The summed E-state index contributed by atoms with van der Waals surface area (Å²) in [7, 11) is 1.29. The van der Waals surface area contributed by atoms with Gasteiger partial charge in [0.15, 0.2) is 4.80 Å². The number of nitrogens with zero attached hydrogens (tertiary/aromatic N) is 2. The maximum Gasteiger partial charge on any atom is 0.339 e. The first-order chi connectivity index (χ1) is 22.7. The van der Waals surface area contributed by atoms with Crippen LogP contribution in [-0.4, -0.2) is 30.2 Å². The highest BCUT2D eigenvalue weighted by molar-refractivity contribution is 7.07. The molecule has 8 nitrogen and oxygen atoms in total. The molecule has 10 heteroatoms. The topological polar surface area (TPSA) is 100 Å². The second kappa shape index (κ2) is 13.4. The number of hydrogen-bond acceptors (Lipinski definition) is 8. The van der Waals surface area contributed by atoms with Gasteiger partial charge in [0.05, 0.1) is 46.1 Å². The Balaban J connectivity index is 1.52. The van der Waals surface area contributed by atoms with Crippen molar-refractivity contribution in [3.8, 4) is 11.3 Å². The zero-order valence-corrected chi connectivity index (χ0v) is 27.7. The van der Waals surface area contributed by atoms with E-state index in [4.69, 9.17) is 30.5 Å². The average Bonchev–Trinajstić information content (AvgIpc) is 3.68. The van der Waals surface area contributed by atoms with Gasteiger partial charge in [-0.1, -0.05) is 91.4 Å². The molecule has 0 N–H and O–H groups in total. The maximum atomic E-state index is 14.2. The minimum atomic E-state index is -0.776. The Morgan fingerprint density at radius 3 is 2.43 bits per heavy atom. The number of aromatic nitrogens is 1. The van der Waals surface area contributed by atoms with Crippen LogP contribution in [0.3, 0.4) is 0 Å². The molecule has 2 aromatic heterocycles. The molecule has 3 heterocycles. The van der Waals surface area contributed by atoms with E-state index in [2.05, 4.69) is 13.8 Å². The first-order valence-electron chi connectivity index (χ1n) is 15.1. The van der Waals surface area contributed by atoms with Crippen molar-refractivity contribution < 1.29 is 23.5 Å². The van der Waals surface area contributed by atoms with Gasteiger partial charge < -0.3 is 13.9 Å². The van der Waals surface area contributed by atoms with Crippen LogP contribution in [0.2, 0.25) is 5.02 Å². The molecular formula is C37H31ClN2O6S. The highest BCUT2D eigenvalue weighted by Crippen LogP contribution is 2.36. The van der Waals surface area contributed by atoms with Crippen LogP contribution in [0, 0.1) is 0 Å². The van der Waals surface area contributed by atoms with Gasteiger partial charge in [-0.15, -0.1) is 0 Å². The van der Waals surface area contributed by atoms with Crippen molar-refractivity contribution >= 4 is 46.6 Å². The summed E-state index contributed by atoms with van der Waals surface area (Å²) >= 11 is 7.40. The van der Waals surface area contributed by atoms with E-state index in [1.807, 2.05) is 54.6 Å². The molecule has 1 aliphatic rings. The van der Waals surface area contributed by atoms with Crippen molar-refractivity contribution in [1.82, 2.24) is 4.57 Å². The van der Waals surface area contributed by atoms with Crippen molar-refractivity contribution in [3.05, 3.63) is 143 Å². The number of esters is 2. The number of hydrogen-bond donors (Lipinski definition) is 0. The van der Waals surface area contributed by atoms with E-state index in [-0.39, 0.29) is 22.8 Å². The first kappa shape index (κ1) is 32.0. The van der Waals surface area contributed by atoms with Gasteiger partial charge in [0.25, 0.3) is 5.56 Å². The lowest BCUT2D eigenvalue weighted by Crippen LogP contribution is -2.40. The van der Waals surface area contributed by atoms with Crippen LogP contribution < -0.4 is 14.9 Å². The molecule has 0 aliphatic carbocycles. The third kappa shape index (κ3) is 6.24. The van der Waals surface area contributed by atoms with Gasteiger partial charge >= 0.3 is 11.9 Å². The van der Waals surface area contributed by atoms with Crippen LogP contribution >= 0.6 is 22.9 Å². The smallest absolute Gasteiger partial charge is 0.339 e. The first-order valence-corrected chi connectivity index (χ1v) is 16.3. The van der Waals surface area contributed by atoms with Crippen molar-refractivity contribution in [2.75, 3.05) is 13.7 Å². The molecule has 238 valence electrons. The number of carbonyl (C=O) groups is 2. The van der Waals surface area contributed by atoms with Gasteiger partial charge in [0.2, 0.25) is 0 Å². The minimum Gasteiger partial charge on any atom is -0.465 e. The molecule has 0 fully saturated rings. The molecule has 0 bridgehead atoms. The zero-order valence-electron chi connectivity index (χ0n) is 26.2. The summed E-state index contributed by atoms with van der Waals surface area (Å²) in [5.41, 5.74) is 3.90. The van der Waals surface area contributed by atoms with Gasteiger partial charge in [-0.3, -0.25) is 9.36 Å². The van der Waals surface area contributed by atoms with E-state index in [0.717, 1.165) is 16.7 Å². The number of thiazole rings is 1. The summed E-state index contributed by atoms with van der Waals surface area (Å²) in [5.74, 6) is 0.113.